The Labute approximate surface area is 127 Å². The quantitative estimate of drug-likeness (QED) is 0.645. The van der Waals surface area contributed by atoms with Crippen molar-refractivity contribution >= 4 is 39.2 Å². The van der Waals surface area contributed by atoms with Crippen molar-refractivity contribution in [2.45, 2.75) is 6.92 Å². The van der Waals surface area contributed by atoms with Crippen LogP contribution < -0.4 is 11.1 Å². The summed E-state index contributed by atoms with van der Waals surface area (Å²) in [6, 6.07) is 2.79. The Bertz CT molecular complexity index is 735. The molecule has 0 unspecified atom stereocenters. The lowest BCUT2D eigenvalue weighted by atomic mass is 10.2. The van der Waals surface area contributed by atoms with E-state index in [4.69, 9.17) is 5.73 Å². The highest BCUT2D eigenvalue weighted by molar-refractivity contribution is 9.10. The standard InChI is InChI=1S/C12H10BrN5O3/c1-6-2-11(16-4-8(6)13)17-12(19)7-3-10(14)15-5-9(7)18(20)21/h2-5H,1H3,(H2,14,15)(H,16,17,19). The van der Waals surface area contributed by atoms with Gasteiger partial charge in [-0.3, -0.25) is 14.9 Å². The van der Waals surface area contributed by atoms with Crippen LogP contribution in [-0.2, 0) is 0 Å². The fourth-order valence-electron chi connectivity index (χ4n) is 1.58. The SMILES string of the molecule is Cc1cc(NC(=O)c2cc(N)ncc2[N+](=O)[O-])ncc1Br. The van der Waals surface area contributed by atoms with Crippen LogP contribution in [0.2, 0.25) is 0 Å². The van der Waals surface area contributed by atoms with Crippen molar-refractivity contribution in [3.8, 4) is 0 Å². The van der Waals surface area contributed by atoms with Gasteiger partial charge in [-0.25, -0.2) is 9.97 Å². The molecule has 108 valence electrons. The normalized spacial score (nSPS) is 10.2. The molecule has 0 aliphatic heterocycles. The minimum atomic E-state index is -0.693. The van der Waals surface area contributed by atoms with Crippen molar-refractivity contribution in [2.75, 3.05) is 11.1 Å². The number of pyridine rings is 2. The summed E-state index contributed by atoms with van der Waals surface area (Å²) >= 11 is 3.29. The monoisotopic (exact) mass is 351 g/mol. The summed E-state index contributed by atoms with van der Waals surface area (Å²) in [7, 11) is 0. The number of aromatic nitrogens is 2. The lowest BCUT2D eigenvalue weighted by Crippen LogP contribution is -2.15. The summed E-state index contributed by atoms with van der Waals surface area (Å²) < 4.78 is 0.791. The topological polar surface area (TPSA) is 124 Å². The molecule has 2 heterocycles. The lowest BCUT2D eigenvalue weighted by molar-refractivity contribution is -0.385. The van der Waals surface area contributed by atoms with E-state index in [0.29, 0.717) is 0 Å². The van der Waals surface area contributed by atoms with Gasteiger partial charge in [0.15, 0.2) is 0 Å². The number of aryl methyl sites for hydroxylation is 1. The fraction of sp³-hybridized carbons (Fsp3) is 0.0833. The van der Waals surface area contributed by atoms with Crippen molar-refractivity contribution < 1.29 is 9.72 Å². The largest absolute Gasteiger partial charge is 0.384 e. The van der Waals surface area contributed by atoms with Gasteiger partial charge in [-0.05, 0) is 40.5 Å². The van der Waals surface area contributed by atoms with Crippen molar-refractivity contribution in [3.05, 3.63) is 50.2 Å². The number of carbonyl (C=O) groups is 1. The van der Waals surface area contributed by atoms with Crippen LogP contribution in [0.15, 0.2) is 29.0 Å². The molecule has 2 aromatic rings. The number of rotatable bonds is 3. The average Bonchev–Trinajstić information content (AvgIpc) is 2.42. The highest BCUT2D eigenvalue weighted by Crippen LogP contribution is 2.21. The Hall–Kier alpha value is -2.55. The molecule has 0 aromatic carbocycles. The van der Waals surface area contributed by atoms with Crippen LogP contribution in [0.1, 0.15) is 15.9 Å². The van der Waals surface area contributed by atoms with E-state index >= 15 is 0 Å². The van der Waals surface area contributed by atoms with E-state index in [9.17, 15) is 14.9 Å². The summed E-state index contributed by atoms with van der Waals surface area (Å²) in [6.45, 7) is 1.83. The molecule has 0 atom stereocenters. The molecular weight excluding hydrogens is 342 g/mol. The van der Waals surface area contributed by atoms with E-state index in [1.54, 1.807) is 6.07 Å². The van der Waals surface area contributed by atoms with Gasteiger partial charge in [-0.15, -0.1) is 0 Å². The van der Waals surface area contributed by atoms with Crippen LogP contribution in [0.4, 0.5) is 17.3 Å². The fourth-order valence-corrected chi connectivity index (χ4v) is 1.80. The van der Waals surface area contributed by atoms with E-state index in [-0.39, 0.29) is 17.2 Å². The van der Waals surface area contributed by atoms with Gasteiger partial charge in [0.05, 0.1) is 4.92 Å². The zero-order valence-corrected chi connectivity index (χ0v) is 12.4. The Kier molecular flexibility index (Phi) is 4.13. The first-order valence-electron chi connectivity index (χ1n) is 5.72. The first-order valence-corrected chi connectivity index (χ1v) is 6.51. The number of nitrogen functional groups attached to an aromatic ring is 1. The van der Waals surface area contributed by atoms with Crippen LogP contribution in [0, 0.1) is 17.0 Å². The number of nitrogens with two attached hydrogens (primary N) is 1. The number of halogens is 1. The zero-order valence-electron chi connectivity index (χ0n) is 10.8. The van der Waals surface area contributed by atoms with E-state index < -0.39 is 16.5 Å². The van der Waals surface area contributed by atoms with Crippen LogP contribution >= 0.6 is 15.9 Å². The molecule has 0 saturated heterocycles. The Morgan fingerprint density at radius 2 is 2.10 bits per heavy atom. The van der Waals surface area contributed by atoms with Gasteiger partial charge in [-0.2, -0.15) is 0 Å². The lowest BCUT2D eigenvalue weighted by Gasteiger charge is -2.07. The second kappa shape index (κ2) is 5.83. The molecule has 21 heavy (non-hydrogen) atoms. The third-order valence-corrected chi connectivity index (χ3v) is 3.46. The smallest absolute Gasteiger partial charge is 0.300 e. The molecule has 8 nitrogen and oxygen atoms in total. The van der Waals surface area contributed by atoms with Gasteiger partial charge in [-0.1, -0.05) is 0 Å². The number of nitro groups is 1. The highest BCUT2D eigenvalue weighted by atomic mass is 79.9. The number of nitrogens with one attached hydrogen (secondary N) is 1. The molecule has 1 amide bonds. The Morgan fingerprint density at radius 1 is 1.38 bits per heavy atom. The maximum atomic E-state index is 12.1. The number of carbonyl (C=O) groups excluding carboxylic acids is 1. The molecule has 9 heteroatoms. The third kappa shape index (κ3) is 3.31. The Balaban J connectivity index is 2.34. The zero-order chi connectivity index (χ0) is 15.6. The van der Waals surface area contributed by atoms with Crippen LogP contribution in [0.5, 0.6) is 0 Å². The van der Waals surface area contributed by atoms with Gasteiger partial charge in [0.25, 0.3) is 11.6 Å². The molecule has 0 saturated carbocycles. The molecule has 0 aliphatic rings. The number of anilines is 2. The van der Waals surface area contributed by atoms with Crippen molar-refractivity contribution in [2.24, 2.45) is 0 Å². The van der Waals surface area contributed by atoms with Gasteiger partial charge < -0.3 is 11.1 Å². The summed E-state index contributed by atoms with van der Waals surface area (Å²) in [5, 5.41) is 13.4. The Morgan fingerprint density at radius 3 is 2.71 bits per heavy atom. The van der Waals surface area contributed by atoms with Crippen LogP contribution in [0.3, 0.4) is 0 Å². The molecule has 0 spiro atoms. The van der Waals surface area contributed by atoms with Gasteiger partial charge in [0.2, 0.25) is 0 Å². The third-order valence-electron chi connectivity index (χ3n) is 2.63. The second-order valence-electron chi connectivity index (χ2n) is 4.16. The number of amides is 1. The van der Waals surface area contributed by atoms with Gasteiger partial charge in [0, 0.05) is 10.7 Å². The molecule has 0 bridgehead atoms. The first-order chi connectivity index (χ1) is 9.88. The first kappa shape index (κ1) is 14.9. The minimum Gasteiger partial charge on any atom is -0.384 e. The summed E-state index contributed by atoms with van der Waals surface area (Å²) in [5.74, 6) is -0.374. The van der Waals surface area contributed by atoms with Crippen LogP contribution in [-0.4, -0.2) is 20.8 Å². The van der Waals surface area contributed by atoms with E-state index in [1.165, 1.54) is 6.20 Å². The van der Waals surface area contributed by atoms with Crippen molar-refractivity contribution in [1.29, 1.82) is 0 Å². The number of nitrogens with zero attached hydrogens (tertiary/aromatic N) is 3. The van der Waals surface area contributed by atoms with Crippen molar-refractivity contribution in [1.82, 2.24) is 9.97 Å². The molecule has 0 fully saturated rings. The molecule has 0 radical (unpaired) electrons. The molecule has 3 N–H and O–H groups in total. The summed E-state index contributed by atoms with van der Waals surface area (Å²) in [6.07, 6.45) is 2.48. The number of hydrogen-bond donors (Lipinski definition) is 2. The predicted molar refractivity (Wildman–Crippen MR) is 79.9 cm³/mol. The highest BCUT2D eigenvalue weighted by Gasteiger charge is 2.21. The molecule has 0 aliphatic carbocycles. The molecule has 2 rings (SSSR count). The molecule has 2 aromatic heterocycles. The van der Waals surface area contributed by atoms with Crippen molar-refractivity contribution in [3.63, 3.8) is 0 Å². The van der Waals surface area contributed by atoms with Gasteiger partial charge in [0.1, 0.15) is 23.4 Å². The van der Waals surface area contributed by atoms with E-state index in [2.05, 4.69) is 31.2 Å². The summed E-state index contributed by atoms with van der Waals surface area (Å²) in [5.41, 5.74) is 5.74. The summed E-state index contributed by atoms with van der Waals surface area (Å²) in [4.78, 5) is 30.0. The maximum Gasteiger partial charge on any atom is 0.300 e. The van der Waals surface area contributed by atoms with E-state index in [1.807, 2.05) is 6.92 Å². The number of hydrogen-bond acceptors (Lipinski definition) is 6. The molecular formula is C12H10BrN5O3. The predicted octanol–water partition coefficient (Wildman–Crippen LogP) is 2.29. The average molecular weight is 352 g/mol. The second-order valence-corrected chi connectivity index (χ2v) is 5.01. The van der Waals surface area contributed by atoms with Crippen LogP contribution in [0.25, 0.3) is 0 Å². The van der Waals surface area contributed by atoms with Gasteiger partial charge >= 0.3 is 0 Å². The minimum absolute atomic E-state index is 0.0192. The van der Waals surface area contributed by atoms with E-state index in [0.717, 1.165) is 22.3 Å². The maximum absolute atomic E-state index is 12.1.